The summed E-state index contributed by atoms with van der Waals surface area (Å²) in [7, 11) is 1.37. The van der Waals surface area contributed by atoms with E-state index in [-0.39, 0.29) is 24.0 Å². The van der Waals surface area contributed by atoms with Crippen LogP contribution in [0.2, 0.25) is 0 Å². The molecule has 0 unspecified atom stereocenters. The summed E-state index contributed by atoms with van der Waals surface area (Å²) < 4.78 is 23.0. The highest BCUT2D eigenvalue weighted by molar-refractivity contribution is 5.98. The van der Waals surface area contributed by atoms with Crippen LogP contribution in [0.15, 0.2) is 36.5 Å². The fourth-order valence-corrected chi connectivity index (χ4v) is 4.09. The zero-order valence-electron chi connectivity index (χ0n) is 21.5. The number of amides is 1. The first-order chi connectivity index (χ1) is 17.2. The van der Waals surface area contributed by atoms with Crippen LogP contribution in [0.25, 0.3) is 0 Å². The Hall–Kier alpha value is -3.17. The van der Waals surface area contributed by atoms with Crippen molar-refractivity contribution in [2.45, 2.75) is 52.4 Å². The van der Waals surface area contributed by atoms with Gasteiger partial charge >= 0.3 is 5.97 Å². The largest absolute Gasteiger partial charge is 0.503 e. The highest BCUT2D eigenvalue weighted by Gasteiger charge is 2.36. The molecule has 2 aromatic rings. The van der Waals surface area contributed by atoms with Crippen LogP contribution in [0.1, 0.15) is 42.4 Å². The molecule has 0 aliphatic carbocycles. The lowest BCUT2D eigenvalue weighted by Crippen LogP contribution is -2.46. The number of methoxy groups -OCH3 is 1. The monoisotopic (exact) mass is 500 g/mol. The van der Waals surface area contributed by atoms with Crippen molar-refractivity contribution in [2.24, 2.45) is 11.8 Å². The van der Waals surface area contributed by atoms with E-state index in [1.54, 1.807) is 6.92 Å². The van der Waals surface area contributed by atoms with Gasteiger partial charge in [-0.1, -0.05) is 43.7 Å². The van der Waals surface area contributed by atoms with E-state index in [0.29, 0.717) is 25.6 Å². The molecule has 196 valence electrons. The van der Waals surface area contributed by atoms with E-state index in [0.717, 1.165) is 5.56 Å². The molecule has 3 rings (SSSR count). The highest BCUT2D eigenvalue weighted by atomic mass is 16.6. The van der Waals surface area contributed by atoms with Crippen molar-refractivity contribution >= 4 is 11.9 Å². The third-order valence-electron chi connectivity index (χ3n) is 6.00. The van der Waals surface area contributed by atoms with Gasteiger partial charge in [0, 0.05) is 24.8 Å². The summed E-state index contributed by atoms with van der Waals surface area (Å²) in [6.07, 6.45) is 1.05. The molecule has 1 fully saturated rings. The summed E-state index contributed by atoms with van der Waals surface area (Å²) in [5.74, 6) is -1.48. The zero-order chi connectivity index (χ0) is 26.2. The van der Waals surface area contributed by atoms with Crippen LogP contribution in [0.5, 0.6) is 11.5 Å². The van der Waals surface area contributed by atoms with Crippen LogP contribution in [-0.2, 0) is 25.4 Å². The van der Waals surface area contributed by atoms with E-state index >= 15 is 0 Å². The zero-order valence-corrected chi connectivity index (χ0v) is 21.5. The van der Waals surface area contributed by atoms with Gasteiger partial charge < -0.3 is 29.4 Å². The molecule has 1 aromatic carbocycles. The van der Waals surface area contributed by atoms with Crippen LogP contribution in [0.4, 0.5) is 0 Å². The number of aromatic nitrogens is 1. The number of cyclic esters (lactones) is 1. The fraction of sp³-hybridized carbons (Fsp3) is 0.519. The maximum atomic E-state index is 13.0. The number of ether oxygens (including phenoxy) is 4. The minimum atomic E-state index is -1.09. The van der Waals surface area contributed by atoms with Gasteiger partial charge in [-0.3, -0.25) is 4.79 Å². The average molecular weight is 501 g/mol. The van der Waals surface area contributed by atoms with E-state index in [4.69, 9.17) is 18.9 Å². The van der Waals surface area contributed by atoms with Crippen LogP contribution in [-0.4, -0.2) is 67.1 Å². The van der Waals surface area contributed by atoms with Gasteiger partial charge in [0.05, 0.1) is 26.4 Å². The molecular weight excluding hydrogens is 464 g/mol. The molecule has 36 heavy (non-hydrogen) atoms. The molecular formula is C27H36N2O7. The minimum absolute atomic E-state index is 0.0761. The van der Waals surface area contributed by atoms with Crippen molar-refractivity contribution in [2.75, 3.05) is 26.9 Å². The van der Waals surface area contributed by atoms with Gasteiger partial charge in [0.2, 0.25) is 0 Å². The lowest BCUT2D eigenvalue weighted by Gasteiger charge is -2.31. The SMILES string of the molecule is COc1ccnc(C(=O)N[C@H]2COC[C@H](Cc3ccc(C)cc3)[C@@H](OCC(C)C)[C@H](C)OC2=O)c1O. The molecule has 2 heterocycles. The number of nitrogens with zero attached hydrogens (tertiary/aromatic N) is 1. The average Bonchev–Trinajstić information content (AvgIpc) is 2.88. The number of hydrogen-bond acceptors (Lipinski definition) is 8. The second kappa shape index (κ2) is 12.7. The number of hydrogen-bond donors (Lipinski definition) is 2. The summed E-state index contributed by atoms with van der Waals surface area (Å²) >= 11 is 0. The van der Waals surface area contributed by atoms with Gasteiger partial charge in [0.25, 0.3) is 5.91 Å². The smallest absolute Gasteiger partial charge is 0.331 e. The fourth-order valence-electron chi connectivity index (χ4n) is 4.09. The van der Waals surface area contributed by atoms with Crippen LogP contribution >= 0.6 is 0 Å². The van der Waals surface area contributed by atoms with Crippen molar-refractivity contribution in [3.05, 3.63) is 53.3 Å². The molecule has 0 bridgehead atoms. The predicted molar refractivity (Wildman–Crippen MR) is 133 cm³/mol. The Labute approximate surface area is 212 Å². The Morgan fingerprint density at radius 2 is 1.94 bits per heavy atom. The van der Waals surface area contributed by atoms with Gasteiger partial charge in [-0.15, -0.1) is 0 Å². The normalized spacial score (nSPS) is 22.8. The summed E-state index contributed by atoms with van der Waals surface area (Å²) in [5.41, 5.74) is 2.05. The van der Waals surface area contributed by atoms with Gasteiger partial charge in [0.1, 0.15) is 6.10 Å². The van der Waals surface area contributed by atoms with E-state index in [1.807, 2.05) is 6.92 Å². The molecule has 0 saturated carbocycles. The summed E-state index contributed by atoms with van der Waals surface area (Å²) in [6, 6.07) is 8.62. The Kier molecular flexibility index (Phi) is 9.66. The molecule has 1 saturated heterocycles. The van der Waals surface area contributed by atoms with Crippen molar-refractivity contribution in [1.29, 1.82) is 0 Å². The summed E-state index contributed by atoms with van der Waals surface area (Å²) in [4.78, 5) is 29.7. The Morgan fingerprint density at radius 3 is 2.61 bits per heavy atom. The lowest BCUT2D eigenvalue weighted by atomic mass is 9.91. The molecule has 0 radical (unpaired) electrons. The number of carbonyl (C=O) groups excluding carboxylic acids is 2. The summed E-state index contributed by atoms with van der Waals surface area (Å²) in [6.45, 7) is 8.69. The minimum Gasteiger partial charge on any atom is -0.503 e. The predicted octanol–water partition coefficient (Wildman–Crippen LogP) is 3.06. The second-order valence-electron chi connectivity index (χ2n) is 9.56. The maximum absolute atomic E-state index is 13.0. The molecule has 9 heteroatoms. The van der Waals surface area contributed by atoms with Crippen molar-refractivity contribution in [1.82, 2.24) is 10.3 Å². The first-order valence-corrected chi connectivity index (χ1v) is 12.2. The van der Waals surface area contributed by atoms with Gasteiger partial charge in [0.15, 0.2) is 23.2 Å². The number of rotatable bonds is 8. The van der Waals surface area contributed by atoms with Gasteiger partial charge in [-0.05, 0) is 31.7 Å². The molecule has 9 nitrogen and oxygen atoms in total. The second-order valence-corrected chi connectivity index (χ2v) is 9.56. The number of pyridine rings is 1. The van der Waals surface area contributed by atoms with E-state index < -0.39 is 35.9 Å². The van der Waals surface area contributed by atoms with Crippen LogP contribution in [0, 0.1) is 18.8 Å². The van der Waals surface area contributed by atoms with E-state index in [9.17, 15) is 14.7 Å². The third-order valence-corrected chi connectivity index (χ3v) is 6.00. The number of nitrogens with one attached hydrogen (secondary N) is 1. The third kappa shape index (κ3) is 7.18. The number of esters is 1. The molecule has 0 spiro atoms. The first kappa shape index (κ1) is 27.4. The number of aromatic hydroxyl groups is 1. The Balaban J connectivity index is 1.78. The number of carbonyl (C=O) groups is 2. The maximum Gasteiger partial charge on any atom is 0.331 e. The van der Waals surface area contributed by atoms with Crippen LogP contribution in [0.3, 0.4) is 0 Å². The number of aryl methyl sites for hydroxylation is 1. The Morgan fingerprint density at radius 1 is 1.22 bits per heavy atom. The van der Waals surface area contributed by atoms with Gasteiger partial charge in [-0.2, -0.15) is 0 Å². The topological polar surface area (TPSA) is 116 Å². The van der Waals surface area contributed by atoms with Crippen LogP contribution < -0.4 is 10.1 Å². The van der Waals surface area contributed by atoms with Crippen molar-refractivity contribution in [3.63, 3.8) is 0 Å². The quantitative estimate of drug-likeness (QED) is 0.532. The summed E-state index contributed by atoms with van der Waals surface area (Å²) in [5, 5.41) is 12.8. The molecule has 1 amide bonds. The highest BCUT2D eigenvalue weighted by Crippen LogP contribution is 2.28. The van der Waals surface area contributed by atoms with Gasteiger partial charge in [-0.25, -0.2) is 9.78 Å². The standard InChI is InChI=1S/C27H36N2O7/c1-16(2)13-35-25-18(4)36-27(32)21(29-26(31)23-24(30)22(33-5)10-11-28-23)15-34-14-20(25)12-19-8-6-17(3)7-9-19/h6-11,16,18,20-21,25,30H,12-15H2,1-5H3,(H,29,31)/t18-,20-,21-,25-/m0/s1. The Bertz CT molecular complexity index is 1030. The van der Waals surface area contributed by atoms with Crippen molar-refractivity contribution in [3.8, 4) is 11.5 Å². The lowest BCUT2D eigenvalue weighted by molar-refractivity contribution is -0.160. The molecule has 4 atom stereocenters. The molecule has 1 aromatic heterocycles. The van der Waals surface area contributed by atoms with E-state index in [2.05, 4.69) is 48.4 Å². The molecule has 1 aliphatic rings. The molecule has 2 N–H and O–H groups in total. The first-order valence-electron chi connectivity index (χ1n) is 12.2. The van der Waals surface area contributed by atoms with E-state index in [1.165, 1.54) is 24.9 Å². The number of benzene rings is 1. The van der Waals surface area contributed by atoms with Crippen molar-refractivity contribution < 1.29 is 33.6 Å². The molecule has 1 aliphatic heterocycles.